The molecule has 2 aliphatic heterocycles. The summed E-state index contributed by atoms with van der Waals surface area (Å²) in [6.07, 6.45) is 12.4. The summed E-state index contributed by atoms with van der Waals surface area (Å²) in [5.74, 6) is 0.368. The van der Waals surface area contributed by atoms with E-state index < -0.39 is 6.04 Å². The molecule has 2 heterocycles. The highest BCUT2D eigenvalue weighted by atomic mass is 32.2. The quantitative estimate of drug-likeness (QED) is 0.253. The number of fused-ring (bicyclic) bond motifs is 1. The van der Waals surface area contributed by atoms with Gasteiger partial charge in [-0.3, -0.25) is 19.7 Å². The molecule has 7 heteroatoms. The Labute approximate surface area is 214 Å². The molecule has 3 amide bonds. The van der Waals surface area contributed by atoms with Crippen LogP contribution < -0.4 is 10.6 Å². The van der Waals surface area contributed by atoms with E-state index in [-0.39, 0.29) is 24.1 Å². The fraction of sp³-hybridized carbons (Fsp3) is 0.679. The fourth-order valence-corrected chi connectivity index (χ4v) is 6.47. The molecule has 192 valence electrons. The van der Waals surface area contributed by atoms with E-state index >= 15 is 0 Å². The molecule has 2 fully saturated rings. The first-order valence-electron chi connectivity index (χ1n) is 13.5. The van der Waals surface area contributed by atoms with Crippen molar-refractivity contribution in [3.63, 3.8) is 0 Å². The first-order valence-corrected chi connectivity index (χ1v) is 14.4. The minimum atomic E-state index is -0.547. The molecule has 1 saturated heterocycles. The number of carbonyl (C=O) groups is 3. The van der Waals surface area contributed by atoms with Gasteiger partial charge in [0.25, 0.3) is 5.91 Å². The van der Waals surface area contributed by atoms with Gasteiger partial charge in [-0.05, 0) is 86.4 Å². The number of nitrogens with one attached hydrogen (secondary N) is 2. The highest BCUT2D eigenvalue weighted by Crippen LogP contribution is 2.35. The van der Waals surface area contributed by atoms with Crippen molar-refractivity contribution < 1.29 is 14.4 Å². The Hall–Kier alpha value is -1.86. The molecule has 3 aliphatic rings. The van der Waals surface area contributed by atoms with Gasteiger partial charge >= 0.3 is 0 Å². The number of amides is 3. The predicted octanol–water partition coefficient (Wildman–Crippen LogP) is 5.05. The van der Waals surface area contributed by atoms with E-state index in [2.05, 4.69) is 30.5 Å². The number of unbranched alkanes of at least 4 members (excludes halogenated alkanes) is 4. The molecule has 35 heavy (non-hydrogen) atoms. The summed E-state index contributed by atoms with van der Waals surface area (Å²) in [4.78, 5) is 39.2. The lowest BCUT2D eigenvalue weighted by Crippen LogP contribution is -2.52. The highest BCUT2D eigenvalue weighted by molar-refractivity contribution is 7.99. The number of carbonyl (C=O) groups excluding carboxylic acids is 3. The second-order valence-corrected chi connectivity index (χ2v) is 12.4. The number of rotatable bonds is 11. The number of hydrogen-bond donors (Lipinski definition) is 2. The van der Waals surface area contributed by atoms with Gasteiger partial charge in [0.1, 0.15) is 6.04 Å². The van der Waals surface area contributed by atoms with Gasteiger partial charge in [0.05, 0.1) is 0 Å². The Bertz CT molecular complexity index is 922. The van der Waals surface area contributed by atoms with Crippen LogP contribution >= 0.6 is 11.8 Å². The first kappa shape index (κ1) is 26.2. The van der Waals surface area contributed by atoms with Crippen molar-refractivity contribution in [1.29, 1.82) is 0 Å². The zero-order chi connectivity index (χ0) is 24.8. The minimum absolute atomic E-state index is 0.104. The van der Waals surface area contributed by atoms with E-state index in [0.29, 0.717) is 23.9 Å². The zero-order valence-corrected chi connectivity index (χ0v) is 22.2. The fourth-order valence-electron chi connectivity index (χ4n) is 5.50. The molecule has 1 atom stereocenters. The van der Waals surface area contributed by atoms with Gasteiger partial charge < -0.3 is 10.2 Å². The Morgan fingerprint density at radius 1 is 1.03 bits per heavy atom. The Morgan fingerprint density at radius 3 is 2.54 bits per heavy atom. The molecule has 0 aromatic heterocycles. The maximum absolute atomic E-state index is 12.8. The number of hydrogen-bond acceptors (Lipinski definition) is 5. The van der Waals surface area contributed by atoms with Crippen molar-refractivity contribution in [2.75, 3.05) is 12.3 Å². The predicted molar refractivity (Wildman–Crippen MR) is 140 cm³/mol. The highest BCUT2D eigenvalue weighted by Gasteiger charge is 2.39. The van der Waals surface area contributed by atoms with E-state index in [1.54, 1.807) is 4.90 Å². The molecule has 1 unspecified atom stereocenters. The summed E-state index contributed by atoms with van der Waals surface area (Å²) >= 11 is 1.85. The van der Waals surface area contributed by atoms with E-state index in [1.807, 2.05) is 23.9 Å². The van der Waals surface area contributed by atoms with Gasteiger partial charge in [-0.25, -0.2) is 0 Å². The Kier molecular flexibility index (Phi) is 8.92. The van der Waals surface area contributed by atoms with Gasteiger partial charge in [0.2, 0.25) is 11.8 Å². The summed E-state index contributed by atoms with van der Waals surface area (Å²) < 4.78 is 0. The van der Waals surface area contributed by atoms with Crippen LogP contribution in [0, 0.1) is 5.41 Å². The van der Waals surface area contributed by atoms with Crippen LogP contribution in [-0.4, -0.2) is 47.0 Å². The van der Waals surface area contributed by atoms with Gasteiger partial charge in [0, 0.05) is 29.5 Å². The summed E-state index contributed by atoms with van der Waals surface area (Å²) in [5.41, 5.74) is 2.21. The van der Waals surface area contributed by atoms with Crippen LogP contribution in [-0.2, 0) is 16.1 Å². The Balaban J connectivity index is 1.09. The molecule has 4 rings (SSSR count). The maximum atomic E-state index is 12.8. The van der Waals surface area contributed by atoms with Crippen molar-refractivity contribution in [3.05, 3.63) is 29.3 Å². The number of benzene rings is 1. The topological polar surface area (TPSA) is 78.5 Å². The van der Waals surface area contributed by atoms with Crippen LogP contribution in [0.1, 0.15) is 100 Å². The molecule has 1 aliphatic carbocycles. The molecular formula is C28H41N3O3S. The molecule has 0 radical (unpaired) electrons. The van der Waals surface area contributed by atoms with E-state index in [0.717, 1.165) is 23.9 Å². The molecule has 2 N–H and O–H groups in total. The summed E-state index contributed by atoms with van der Waals surface area (Å²) in [7, 11) is 0. The summed E-state index contributed by atoms with van der Waals surface area (Å²) in [6.45, 7) is 6.39. The van der Waals surface area contributed by atoms with Gasteiger partial charge in [-0.1, -0.05) is 33.1 Å². The van der Waals surface area contributed by atoms with Crippen LogP contribution in [0.2, 0.25) is 0 Å². The third kappa shape index (κ3) is 7.10. The normalized spacial score (nSPS) is 22.4. The SMILES string of the molecule is CC1(C)CCC(NCCCCCCCSc2ccc3c(c2)CN(C2CCC(=O)NC2=O)C3=O)CC1. The van der Waals surface area contributed by atoms with Crippen molar-refractivity contribution in [1.82, 2.24) is 15.5 Å². The lowest BCUT2D eigenvalue weighted by atomic mass is 9.75. The molecule has 0 spiro atoms. The minimum Gasteiger partial charge on any atom is -0.322 e. The van der Waals surface area contributed by atoms with Crippen LogP contribution in [0.4, 0.5) is 0 Å². The van der Waals surface area contributed by atoms with Gasteiger partial charge in [0.15, 0.2) is 0 Å². The van der Waals surface area contributed by atoms with Crippen LogP contribution in [0.5, 0.6) is 0 Å². The number of nitrogens with zero attached hydrogens (tertiary/aromatic N) is 1. The van der Waals surface area contributed by atoms with Crippen molar-refractivity contribution in [3.8, 4) is 0 Å². The molecule has 0 bridgehead atoms. The van der Waals surface area contributed by atoms with Crippen molar-refractivity contribution in [2.24, 2.45) is 5.41 Å². The summed E-state index contributed by atoms with van der Waals surface area (Å²) in [5, 5.41) is 6.13. The second-order valence-electron chi connectivity index (χ2n) is 11.2. The third-order valence-electron chi connectivity index (χ3n) is 7.86. The second kappa shape index (κ2) is 11.9. The van der Waals surface area contributed by atoms with E-state index in [9.17, 15) is 14.4 Å². The van der Waals surface area contributed by atoms with Gasteiger partial charge in [-0.2, -0.15) is 0 Å². The van der Waals surface area contributed by atoms with Crippen LogP contribution in [0.25, 0.3) is 0 Å². The van der Waals surface area contributed by atoms with Crippen molar-refractivity contribution in [2.45, 2.75) is 108 Å². The molecule has 1 aromatic carbocycles. The number of thioether (sulfide) groups is 1. The molecule has 1 aromatic rings. The Morgan fingerprint density at radius 2 is 1.77 bits per heavy atom. The standard InChI is InChI=1S/C28H41N3O3S/c1-28(2)14-12-21(13-15-28)29-16-6-4-3-5-7-17-35-22-8-9-23-20(18-22)19-31(27(23)34)24-10-11-25(32)30-26(24)33/h8-9,18,21,24,29H,3-7,10-17,19H2,1-2H3,(H,30,32,33). The largest absolute Gasteiger partial charge is 0.322 e. The van der Waals surface area contributed by atoms with E-state index in [1.165, 1.54) is 62.7 Å². The average Bonchev–Trinajstić information content (AvgIpc) is 3.14. The monoisotopic (exact) mass is 499 g/mol. The first-order chi connectivity index (χ1) is 16.8. The van der Waals surface area contributed by atoms with E-state index in [4.69, 9.17) is 0 Å². The third-order valence-corrected chi connectivity index (χ3v) is 8.94. The molecule has 6 nitrogen and oxygen atoms in total. The maximum Gasteiger partial charge on any atom is 0.255 e. The smallest absolute Gasteiger partial charge is 0.255 e. The zero-order valence-electron chi connectivity index (χ0n) is 21.4. The summed E-state index contributed by atoms with van der Waals surface area (Å²) in [6, 6.07) is 6.20. The lowest BCUT2D eigenvalue weighted by molar-refractivity contribution is -0.136. The van der Waals surface area contributed by atoms with Crippen LogP contribution in [0.3, 0.4) is 0 Å². The van der Waals surface area contributed by atoms with Crippen LogP contribution in [0.15, 0.2) is 23.1 Å². The number of imide groups is 1. The lowest BCUT2D eigenvalue weighted by Gasteiger charge is -2.34. The van der Waals surface area contributed by atoms with Crippen molar-refractivity contribution >= 4 is 29.5 Å². The van der Waals surface area contributed by atoms with Gasteiger partial charge in [-0.15, -0.1) is 11.8 Å². The number of piperidine rings is 1. The molecular weight excluding hydrogens is 458 g/mol. The molecule has 1 saturated carbocycles. The average molecular weight is 500 g/mol.